The molecule has 0 atom stereocenters. The van der Waals surface area contributed by atoms with Gasteiger partial charge >= 0.3 is 12.3 Å². The van der Waals surface area contributed by atoms with Gasteiger partial charge in [0, 0.05) is 11.1 Å². The number of hydrogen-bond acceptors (Lipinski definition) is 4. The SMILES string of the molecule is COc1cnc(C(F)F)cc1-c1cc(COC(F)(F)F)ccc1C(=O)O. The van der Waals surface area contributed by atoms with Gasteiger partial charge in [-0.1, -0.05) is 6.07 Å². The maximum Gasteiger partial charge on any atom is 0.522 e. The fourth-order valence-corrected chi connectivity index (χ4v) is 2.21. The van der Waals surface area contributed by atoms with Crippen LogP contribution in [-0.2, 0) is 11.3 Å². The first-order valence-electron chi connectivity index (χ1n) is 7.01. The van der Waals surface area contributed by atoms with Gasteiger partial charge < -0.3 is 9.84 Å². The number of carboxylic acid groups (broad SMARTS) is 1. The van der Waals surface area contributed by atoms with Gasteiger partial charge in [-0.25, -0.2) is 13.6 Å². The van der Waals surface area contributed by atoms with Gasteiger partial charge in [0.15, 0.2) is 0 Å². The minimum Gasteiger partial charge on any atom is -0.494 e. The molecule has 26 heavy (non-hydrogen) atoms. The second kappa shape index (κ2) is 7.65. The Morgan fingerprint density at radius 1 is 1.23 bits per heavy atom. The number of pyridine rings is 1. The van der Waals surface area contributed by atoms with E-state index in [4.69, 9.17) is 4.74 Å². The number of aromatic carboxylic acids is 1. The number of aromatic nitrogens is 1. The summed E-state index contributed by atoms with van der Waals surface area (Å²) in [5.41, 5.74) is -1.06. The van der Waals surface area contributed by atoms with Crippen molar-refractivity contribution in [2.45, 2.75) is 19.4 Å². The summed E-state index contributed by atoms with van der Waals surface area (Å²) in [5, 5.41) is 9.30. The van der Waals surface area contributed by atoms with E-state index in [-0.39, 0.29) is 28.0 Å². The van der Waals surface area contributed by atoms with Crippen molar-refractivity contribution >= 4 is 5.97 Å². The standard InChI is InChI=1S/C16H12F5NO4/c1-25-13-6-22-12(14(17)18)5-11(13)10-4-8(7-26-16(19,20)21)2-3-9(10)15(23)24/h2-6,14H,7H2,1H3,(H,23,24). The highest BCUT2D eigenvalue weighted by molar-refractivity contribution is 5.97. The highest BCUT2D eigenvalue weighted by Crippen LogP contribution is 2.35. The van der Waals surface area contributed by atoms with E-state index in [1.807, 2.05) is 0 Å². The van der Waals surface area contributed by atoms with Gasteiger partial charge in [-0.15, -0.1) is 13.2 Å². The maximum atomic E-state index is 12.9. The van der Waals surface area contributed by atoms with Crippen molar-refractivity contribution in [3.63, 3.8) is 0 Å². The Hall–Kier alpha value is -2.75. The average Bonchev–Trinajstić information content (AvgIpc) is 2.58. The Morgan fingerprint density at radius 2 is 1.92 bits per heavy atom. The van der Waals surface area contributed by atoms with Crippen LogP contribution in [-0.4, -0.2) is 29.5 Å². The van der Waals surface area contributed by atoms with Gasteiger partial charge in [-0.05, 0) is 23.8 Å². The molecule has 0 saturated carbocycles. The number of halogens is 5. The number of alkyl halides is 5. The Bertz CT molecular complexity index is 808. The summed E-state index contributed by atoms with van der Waals surface area (Å²) in [4.78, 5) is 14.9. The lowest BCUT2D eigenvalue weighted by atomic mass is 9.96. The first-order valence-corrected chi connectivity index (χ1v) is 7.01. The molecule has 2 rings (SSSR count). The third kappa shape index (κ3) is 4.66. The summed E-state index contributed by atoms with van der Waals surface area (Å²) in [5.74, 6) is -1.40. The van der Waals surface area contributed by atoms with Crippen molar-refractivity contribution in [3.8, 4) is 16.9 Å². The molecule has 1 aromatic carbocycles. The van der Waals surface area contributed by atoms with E-state index in [0.717, 1.165) is 30.5 Å². The highest BCUT2D eigenvalue weighted by atomic mass is 19.4. The van der Waals surface area contributed by atoms with Gasteiger partial charge in [0.25, 0.3) is 6.43 Å². The maximum absolute atomic E-state index is 12.9. The molecule has 140 valence electrons. The minimum absolute atomic E-state index is 0.000197. The monoisotopic (exact) mass is 377 g/mol. The van der Waals surface area contributed by atoms with Gasteiger partial charge in [0.05, 0.1) is 25.5 Å². The Kier molecular flexibility index (Phi) is 5.76. The van der Waals surface area contributed by atoms with Crippen LogP contribution in [0.3, 0.4) is 0 Å². The molecule has 0 fully saturated rings. The van der Waals surface area contributed by atoms with E-state index in [0.29, 0.717) is 0 Å². The summed E-state index contributed by atoms with van der Waals surface area (Å²) in [6.07, 6.45) is -6.81. The summed E-state index contributed by atoms with van der Waals surface area (Å²) < 4.78 is 71.2. The van der Waals surface area contributed by atoms with E-state index in [1.165, 1.54) is 7.11 Å². The molecule has 0 unspecified atom stereocenters. The van der Waals surface area contributed by atoms with Gasteiger partial charge in [0.2, 0.25) is 0 Å². The average molecular weight is 377 g/mol. The first kappa shape index (κ1) is 19.6. The summed E-state index contributed by atoms with van der Waals surface area (Å²) in [7, 11) is 1.22. The number of methoxy groups -OCH3 is 1. The van der Waals surface area contributed by atoms with Crippen LogP contribution in [0.5, 0.6) is 5.75 Å². The number of benzene rings is 1. The molecule has 1 heterocycles. The molecule has 0 spiro atoms. The van der Waals surface area contributed by atoms with E-state index >= 15 is 0 Å². The van der Waals surface area contributed by atoms with E-state index in [2.05, 4.69) is 9.72 Å². The molecule has 1 aromatic heterocycles. The molecular weight excluding hydrogens is 365 g/mol. The topological polar surface area (TPSA) is 68.7 Å². The number of carbonyl (C=O) groups is 1. The van der Waals surface area contributed by atoms with Crippen LogP contribution in [0.1, 0.15) is 28.0 Å². The van der Waals surface area contributed by atoms with Crippen LogP contribution in [0.25, 0.3) is 11.1 Å². The van der Waals surface area contributed by atoms with Crippen LogP contribution in [0.4, 0.5) is 22.0 Å². The second-order valence-electron chi connectivity index (χ2n) is 5.03. The summed E-state index contributed by atoms with van der Waals surface area (Å²) in [6.45, 7) is -0.870. The normalized spacial score (nSPS) is 11.7. The molecule has 1 N–H and O–H groups in total. The summed E-state index contributed by atoms with van der Waals surface area (Å²) >= 11 is 0. The summed E-state index contributed by atoms with van der Waals surface area (Å²) in [6, 6.07) is 4.25. The molecule has 0 radical (unpaired) electrons. The molecule has 0 saturated heterocycles. The zero-order valence-electron chi connectivity index (χ0n) is 13.2. The third-order valence-corrected chi connectivity index (χ3v) is 3.34. The lowest BCUT2D eigenvalue weighted by Crippen LogP contribution is -2.13. The largest absolute Gasteiger partial charge is 0.522 e. The molecular formula is C16H12F5NO4. The Labute approximate surface area is 144 Å². The lowest BCUT2D eigenvalue weighted by molar-refractivity contribution is -0.330. The van der Waals surface area contributed by atoms with Gasteiger partial charge in [0.1, 0.15) is 11.4 Å². The zero-order chi connectivity index (χ0) is 19.5. The van der Waals surface area contributed by atoms with Crippen molar-refractivity contribution < 1.29 is 41.3 Å². The van der Waals surface area contributed by atoms with E-state index < -0.39 is 31.1 Å². The van der Waals surface area contributed by atoms with Crippen molar-refractivity contribution in [3.05, 3.63) is 47.3 Å². The lowest BCUT2D eigenvalue weighted by Gasteiger charge is -2.14. The van der Waals surface area contributed by atoms with Crippen molar-refractivity contribution in [1.29, 1.82) is 0 Å². The molecule has 0 aliphatic carbocycles. The predicted octanol–water partition coefficient (Wildman–Crippen LogP) is 4.43. The third-order valence-electron chi connectivity index (χ3n) is 3.34. The van der Waals surface area contributed by atoms with E-state index in [1.54, 1.807) is 0 Å². The van der Waals surface area contributed by atoms with Crippen molar-refractivity contribution in [2.24, 2.45) is 0 Å². The number of hydrogen-bond donors (Lipinski definition) is 1. The Morgan fingerprint density at radius 3 is 2.46 bits per heavy atom. The molecule has 0 aliphatic rings. The van der Waals surface area contributed by atoms with Crippen LogP contribution >= 0.6 is 0 Å². The van der Waals surface area contributed by atoms with Crippen molar-refractivity contribution in [1.82, 2.24) is 4.98 Å². The molecule has 0 amide bonds. The molecule has 10 heteroatoms. The smallest absolute Gasteiger partial charge is 0.494 e. The van der Waals surface area contributed by atoms with Crippen LogP contribution in [0.15, 0.2) is 30.5 Å². The van der Waals surface area contributed by atoms with Crippen LogP contribution < -0.4 is 4.74 Å². The zero-order valence-corrected chi connectivity index (χ0v) is 13.2. The Balaban J connectivity index is 2.58. The fraction of sp³-hybridized carbons (Fsp3) is 0.250. The highest BCUT2D eigenvalue weighted by Gasteiger charge is 2.29. The fourth-order valence-electron chi connectivity index (χ4n) is 2.21. The van der Waals surface area contributed by atoms with E-state index in [9.17, 15) is 31.9 Å². The molecule has 2 aromatic rings. The molecule has 0 aliphatic heterocycles. The van der Waals surface area contributed by atoms with Crippen LogP contribution in [0.2, 0.25) is 0 Å². The van der Waals surface area contributed by atoms with Crippen LogP contribution in [0, 0.1) is 0 Å². The molecule has 0 bridgehead atoms. The number of rotatable bonds is 6. The first-order chi connectivity index (χ1) is 12.1. The number of ether oxygens (including phenoxy) is 2. The van der Waals surface area contributed by atoms with Gasteiger partial charge in [-0.2, -0.15) is 0 Å². The second-order valence-corrected chi connectivity index (χ2v) is 5.03. The van der Waals surface area contributed by atoms with Gasteiger partial charge in [-0.3, -0.25) is 9.72 Å². The minimum atomic E-state index is -4.87. The predicted molar refractivity (Wildman–Crippen MR) is 79.0 cm³/mol. The van der Waals surface area contributed by atoms with Crippen molar-refractivity contribution in [2.75, 3.05) is 7.11 Å². The number of nitrogens with zero attached hydrogens (tertiary/aromatic N) is 1. The quantitative estimate of drug-likeness (QED) is 0.755. The number of carboxylic acids is 1. The molecule has 5 nitrogen and oxygen atoms in total.